The summed E-state index contributed by atoms with van der Waals surface area (Å²) in [7, 11) is 1.90. The van der Waals surface area contributed by atoms with Crippen LogP contribution in [0.2, 0.25) is 0 Å². The second-order valence-electron chi connectivity index (χ2n) is 4.53. The van der Waals surface area contributed by atoms with E-state index < -0.39 is 0 Å². The van der Waals surface area contributed by atoms with Gasteiger partial charge in [-0.25, -0.2) is 0 Å². The molecule has 0 spiro atoms. The third kappa shape index (κ3) is 2.89. The minimum Gasteiger partial charge on any atom is -0.344 e. The number of hydrogen-bond donors (Lipinski definition) is 1. The highest BCUT2D eigenvalue weighted by molar-refractivity contribution is 9.10. The number of hydrogen-bond acceptors (Lipinski definition) is 1. The van der Waals surface area contributed by atoms with E-state index in [2.05, 4.69) is 28.2 Å². The second kappa shape index (κ2) is 5.61. The van der Waals surface area contributed by atoms with Gasteiger partial charge >= 0.3 is 0 Å². The number of nitrogens with zero attached hydrogens (tertiary/aromatic N) is 1. The zero-order chi connectivity index (χ0) is 14.0. The predicted octanol–water partition coefficient (Wildman–Crippen LogP) is 3.91. The smallest absolute Gasteiger partial charge is 0.272 e. The Morgan fingerprint density at radius 1 is 1.32 bits per heavy atom. The standard InChI is InChI=1S/C15H17BrN2O/c1-4-11-9-12(16)6-7-13(11)17-15(19)14-8-5-10(2)18(14)3/h5-9H,4H2,1-3H3,(H,17,19). The zero-order valence-electron chi connectivity index (χ0n) is 11.3. The molecule has 19 heavy (non-hydrogen) atoms. The van der Waals surface area contributed by atoms with Crippen LogP contribution >= 0.6 is 15.9 Å². The fourth-order valence-electron chi connectivity index (χ4n) is 2.00. The lowest BCUT2D eigenvalue weighted by atomic mass is 10.1. The molecule has 1 aromatic heterocycles. The van der Waals surface area contributed by atoms with Crippen LogP contribution in [0.15, 0.2) is 34.8 Å². The highest BCUT2D eigenvalue weighted by Gasteiger charge is 2.12. The van der Waals surface area contributed by atoms with Crippen LogP contribution in [-0.2, 0) is 13.5 Å². The average Bonchev–Trinajstić information content (AvgIpc) is 2.72. The molecule has 0 atom stereocenters. The zero-order valence-corrected chi connectivity index (χ0v) is 12.9. The van der Waals surface area contributed by atoms with Crippen molar-refractivity contribution in [3.63, 3.8) is 0 Å². The maximum Gasteiger partial charge on any atom is 0.272 e. The summed E-state index contributed by atoms with van der Waals surface area (Å²) in [5.41, 5.74) is 3.72. The van der Waals surface area contributed by atoms with Gasteiger partial charge in [0.05, 0.1) is 0 Å². The molecule has 0 unspecified atom stereocenters. The van der Waals surface area contributed by atoms with Gasteiger partial charge in [-0.1, -0.05) is 22.9 Å². The quantitative estimate of drug-likeness (QED) is 0.914. The maximum absolute atomic E-state index is 12.3. The summed E-state index contributed by atoms with van der Waals surface area (Å²) in [6.07, 6.45) is 0.876. The van der Waals surface area contributed by atoms with Crippen LogP contribution in [-0.4, -0.2) is 10.5 Å². The summed E-state index contributed by atoms with van der Waals surface area (Å²) in [5.74, 6) is -0.0763. The summed E-state index contributed by atoms with van der Waals surface area (Å²) in [6.45, 7) is 4.05. The van der Waals surface area contributed by atoms with Gasteiger partial charge in [-0.15, -0.1) is 0 Å². The molecule has 2 aromatic rings. The number of nitrogens with one attached hydrogen (secondary N) is 1. The van der Waals surface area contributed by atoms with Gasteiger partial charge in [-0.05, 0) is 49.2 Å². The Balaban J connectivity index is 2.26. The molecule has 100 valence electrons. The lowest BCUT2D eigenvalue weighted by Gasteiger charge is -2.11. The number of anilines is 1. The first kappa shape index (κ1) is 13.9. The van der Waals surface area contributed by atoms with E-state index in [4.69, 9.17) is 0 Å². The van der Waals surface area contributed by atoms with Crippen LogP contribution in [0.25, 0.3) is 0 Å². The van der Waals surface area contributed by atoms with Gasteiger partial charge in [0.15, 0.2) is 0 Å². The van der Waals surface area contributed by atoms with E-state index >= 15 is 0 Å². The fourth-order valence-corrected chi connectivity index (χ4v) is 2.41. The lowest BCUT2D eigenvalue weighted by molar-refractivity contribution is 0.101. The predicted molar refractivity (Wildman–Crippen MR) is 81.6 cm³/mol. The van der Waals surface area contributed by atoms with E-state index in [1.807, 2.05) is 48.9 Å². The van der Waals surface area contributed by atoms with Gasteiger partial charge in [0.1, 0.15) is 5.69 Å². The Labute approximate surface area is 121 Å². The van der Waals surface area contributed by atoms with Crippen molar-refractivity contribution in [1.29, 1.82) is 0 Å². The van der Waals surface area contributed by atoms with Crippen LogP contribution in [0.4, 0.5) is 5.69 Å². The molecule has 4 heteroatoms. The van der Waals surface area contributed by atoms with E-state index in [0.717, 1.165) is 27.8 Å². The topological polar surface area (TPSA) is 34.0 Å². The number of aromatic nitrogens is 1. The van der Waals surface area contributed by atoms with Crippen LogP contribution in [0.1, 0.15) is 28.7 Å². The van der Waals surface area contributed by atoms with Crippen LogP contribution in [0, 0.1) is 6.92 Å². The maximum atomic E-state index is 12.3. The Morgan fingerprint density at radius 2 is 2.05 bits per heavy atom. The van der Waals surface area contributed by atoms with Crippen molar-refractivity contribution in [2.45, 2.75) is 20.3 Å². The van der Waals surface area contributed by atoms with E-state index in [1.165, 1.54) is 0 Å². The molecule has 0 bridgehead atoms. The highest BCUT2D eigenvalue weighted by Crippen LogP contribution is 2.22. The highest BCUT2D eigenvalue weighted by atomic mass is 79.9. The van der Waals surface area contributed by atoms with Crippen molar-refractivity contribution in [2.24, 2.45) is 7.05 Å². The monoisotopic (exact) mass is 320 g/mol. The first-order valence-electron chi connectivity index (χ1n) is 6.25. The van der Waals surface area contributed by atoms with E-state index in [-0.39, 0.29) is 5.91 Å². The van der Waals surface area contributed by atoms with Gasteiger partial charge < -0.3 is 9.88 Å². The molecular formula is C15H17BrN2O. The minimum atomic E-state index is -0.0763. The van der Waals surface area contributed by atoms with E-state index in [9.17, 15) is 4.79 Å². The van der Waals surface area contributed by atoms with Gasteiger partial charge in [-0.3, -0.25) is 4.79 Å². The average molecular weight is 321 g/mol. The van der Waals surface area contributed by atoms with Crippen molar-refractivity contribution >= 4 is 27.5 Å². The summed E-state index contributed by atoms with van der Waals surface area (Å²) in [4.78, 5) is 12.3. The number of amides is 1. The molecule has 0 saturated heterocycles. The summed E-state index contributed by atoms with van der Waals surface area (Å²) in [6, 6.07) is 9.68. The van der Waals surface area contributed by atoms with Gasteiger partial charge in [0.2, 0.25) is 0 Å². The van der Waals surface area contributed by atoms with Crippen molar-refractivity contribution in [3.8, 4) is 0 Å². The number of rotatable bonds is 3. The van der Waals surface area contributed by atoms with Gasteiger partial charge in [0.25, 0.3) is 5.91 Å². The molecule has 1 heterocycles. The third-order valence-electron chi connectivity index (χ3n) is 3.30. The van der Waals surface area contributed by atoms with Crippen molar-refractivity contribution in [2.75, 3.05) is 5.32 Å². The number of aryl methyl sites for hydroxylation is 2. The molecule has 1 amide bonds. The number of benzene rings is 1. The van der Waals surface area contributed by atoms with Gasteiger partial charge in [0, 0.05) is 22.9 Å². The lowest BCUT2D eigenvalue weighted by Crippen LogP contribution is -2.16. The Morgan fingerprint density at radius 3 is 2.63 bits per heavy atom. The Kier molecular flexibility index (Phi) is 4.10. The molecule has 0 aliphatic carbocycles. The number of carbonyl (C=O) groups is 1. The largest absolute Gasteiger partial charge is 0.344 e. The normalized spacial score (nSPS) is 10.5. The van der Waals surface area contributed by atoms with E-state index in [0.29, 0.717) is 5.69 Å². The second-order valence-corrected chi connectivity index (χ2v) is 5.44. The van der Waals surface area contributed by atoms with Crippen LogP contribution < -0.4 is 5.32 Å². The Bertz CT molecular complexity index is 617. The van der Waals surface area contributed by atoms with Crippen molar-refractivity contribution in [3.05, 3.63) is 51.8 Å². The van der Waals surface area contributed by atoms with Crippen molar-refractivity contribution in [1.82, 2.24) is 4.57 Å². The van der Waals surface area contributed by atoms with Crippen molar-refractivity contribution < 1.29 is 4.79 Å². The summed E-state index contributed by atoms with van der Waals surface area (Å²) >= 11 is 3.45. The third-order valence-corrected chi connectivity index (χ3v) is 3.80. The first-order valence-corrected chi connectivity index (χ1v) is 7.04. The molecule has 0 radical (unpaired) electrons. The Hall–Kier alpha value is -1.55. The molecular weight excluding hydrogens is 304 g/mol. The molecule has 1 aromatic carbocycles. The molecule has 0 aliphatic heterocycles. The SMILES string of the molecule is CCc1cc(Br)ccc1NC(=O)c1ccc(C)n1C. The van der Waals surface area contributed by atoms with Crippen LogP contribution in [0.5, 0.6) is 0 Å². The minimum absolute atomic E-state index is 0.0763. The van der Waals surface area contributed by atoms with E-state index in [1.54, 1.807) is 0 Å². The first-order chi connectivity index (χ1) is 9.02. The molecule has 0 aliphatic rings. The summed E-state index contributed by atoms with van der Waals surface area (Å²) < 4.78 is 2.91. The molecule has 0 saturated carbocycles. The molecule has 1 N–H and O–H groups in total. The van der Waals surface area contributed by atoms with Crippen LogP contribution in [0.3, 0.4) is 0 Å². The van der Waals surface area contributed by atoms with Gasteiger partial charge in [-0.2, -0.15) is 0 Å². The number of carbonyl (C=O) groups excluding carboxylic acids is 1. The fraction of sp³-hybridized carbons (Fsp3) is 0.267. The molecule has 3 nitrogen and oxygen atoms in total. The molecule has 2 rings (SSSR count). The molecule has 0 fully saturated rings. The summed E-state index contributed by atoms with van der Waals surface area (Å²) in [5, 5.41) is 2.98. The number of halogens is 1.